The first-order valence-corrected chi connectivity index (χ1v) is 15.1. The molecule has 4 aromatic carbocycles. The average molecular weight is 655 g/mol. The Balaban J connectivity index is 1.19. The number of aromatic nitrogens is 3. The fourth-order valence-electron chi connectivity index (χ4n) is 4.46. The van der Waals surface area contributed by atoms with Gasteiger partial charge in [0.25, 0.3) is 0 Å². The van der Waals surface area contributed by atoms with E-state index in [1.807, 2.05) is 66.7 Å². The summed E-state index contributed by atoms with van der Waals surface area (Å²) in [6.45, 7) is 0. The van der Waals surface area contributed by atoms with Crippen LogP contribution < -0.4 is 25.4 Å². The summed E-state index contributed by atoms with van der Waals surface area (Å²) < 4.78 is 16.4. The minimum atomic E-state index is 0.309. The van der Waals surface area contributed by atoms with Crippen molar-refractivity contribution in [2.24, 2.45) is 4.40 Å². The van der Waals surface area contributed by atoms with Gasteiger partial charge in [-0.05, 0) is 95.9 Å². The van der Waals surface area contributed by atoms with Crippen LogP contribution in [0.3, 0.4) is 0 Å². The summed E-state index contributed by atoms with van der Waals surface area (Å²) in [5.41, 5.74) is 5.91. The summed E-state index contributed by atoms with van der Waals surface area (Å²) in [5, 5.41) is 10.1. The van der Waals surface area contributed by atoms with Gasteiger partial charge < -0.3 is 25.4 Å². The quantitative estimate of drug-likeness (QED) is 0.128. The van der Waals surface area contributed by atoms with Crippen molar-refractivity contribution in [3.05, 3.63) is 113 Å². The minimum Gasteiger partial charge on any atom is -0.497 e. The standard InChI is InChI=1S/C32H28BrN7O2S/c1-41-26-14-10-24(11-15-26)35-31-37-30(38-32(39-31)36-25-12-16-27(42-2)17-13-25)34-23-8-6-20(7-9-23)28-19-29(43-40-28)21-4-3-5-22(33)18-21/h3-18,29H,19H2,1-2H3,(H3,34,35,36,37,38,39). The van der Waals surface area contributed by atoms with Crippen LogP contribution in [0.25, 0.3) is 0 Å². The van der Waals surface area contributed by atoms with Gasteiger partial charge in [-0.2, -0.15) is 15.0 Å². The molecular formula is C32H28BrN7O2S. The van der Waals surface area contributed by atoms with Gasteiger partial charge in [0.2, 0.25) is 17.8 Å². The van der Waals surface area contributed by atoms with Gasteiger partial charge >= 0.3 is 0 Å². The molecule has 1 aliphatic heterocycles. The third-order valence-corrected chi connectivity index (χ3v) is 8.20. The van der Waals surface area contributed by atoms with Gasteiger partial charge in [0.1, 0.15) is 11.5 Å². The van der Waals surface area contributed by atoms with Gasteiger partial charge in [-0.3, -0.25) is 0 Å². The Hall–Kier alpha value is -4.61. The molecule has 3 N–H and O–H groups in total. The van der Waals surface area contributed by atoms with Crippen molar-refractivity contribution in [3.8, 4) is 11.5 Å². The lowest BCUT2D eigenvalue weighted by atomic mass is 10.0. The normalized spacial score (nSPS) is 14.1. The lowest BCUT2D eigenvalue weighted by molar-refractivity contribution is 0.415. The summed E-state index contributed by atoms with van der Waals surface area (Å²) in [5.74, 6) is 2.68. The predicted molar refractivity (Wildman–Crippen MR) is 178 cm³/mol. The zero-order chi connectivity index (χ0) is 29.6. The fourth-order valence-corrected chi connectivity index (χ4v) is 5.81. The highest BCUT2D eigenvalue weighted by Gasteiger charge is 2.23. The van der Waals surface area contributed by atoms with Crippen LogP contribution in [0.4, 0.5) is 34.9 Å². The Morgan fingerprint density at radius 3 is 1.63 bits per heavy atom. The summed E-state index contributed by atoms with van der Waals surface area (Å²) in [4.78, 5) is 13.8. The summed E-state index contributed by atoms with van der Waals surface area (Å²) >= 11 is 5.19. The van der Waals surface area contributed by atoms with Gasteiger partial charge in [0.05, 0.1) is 25.2 Å². The molecule has 0 radical (unpaired) electrons. The molecule has 0 amide bonds. The molecule has 43 heavy (non-hydrogen) atoms. The first-order valence-electron chi connectivity index (χ1n) is 13.5. The van der Waals surface area contributed by atoms with Crippen molar-refractivity contribution >= 4 is 68.5 Å². The van der Waals surface area contributed by atoms with E-state index in [4.69, 9.17) is 13.9 Å². The number of nitrogens with zero attached hydrogens (tertiary/aromatic N) is 4. The van der Waals surface area contributed by atoms with Crippen LogP contribution in [0.5, 0.6) is 11.5 Å². The highest BCUT2D eigenvalue weighted by atomic mass is 79.9. The molecular weight excluding hydrogens is 626 g/mol. The van der Waals surface area contributed by atoms with E-state index in [2.05, 4.69) is 77.2 Å². The molecule has 1 unspecified atom stereocenters. The Kier molecular flexibility index (Phi) is 8.71. The zero-order valence-corrected chi connectivity index (χ0v) is 25.8. The number of rotatable bonds is 10. The van der Waals surface area contributed by atoms with Crippen LogP contribution in [-0.2, 0) is 0 Å². The molecule has 1 atom stereocenters. The largest absolute Gasteiger partial charge is 0.497 e. The Morgan fingerprint density at radius 2 is 1.16 bits per heavy atom. The molecule has 2 heterocycles. The Labute approximate surface area is 262 Å². The first-order chi connectivity index (χ1) is 21.0. The molecule has 216 valence electrons. The molecule has 0 aliphatic carbocycles. The van der Waals surface area contributed by atoms with E-state index in [0.717, 1.165) is 50.7 Å². The topological polar surface area (TPSA) is 106 Å². The second-order valence-electron chi connectivity index (χ2n) is 9.61. The second-order valence-corrected chi connectivity index (χ2v) is 11.5. The van der Waals surface area contributed by atoms with Crippen molar-refractivity contribution in [3.63, 3.8) is 0 Å². The number of ether oxygens (including phenoxy) is 2. The molecule has 6 rings (SSSR count). The number of halogens is 1. The molecule has 0 bridgehead atoms. The highest BCUT2D eigenvalue weighted by Crippen LogP contribution is 2.41. The van der Waals surface area contributed by atoms with E-state index in [9.17, 15) is 0 Å². The molecule has 0 saturated heterocycles. The maximum Gasteiger partial charge on any atom is 0.233 e. The van der Waals surface area contributed by atoms with Crippen LogP contribution in [0.1, 0.15) is 22.8 Å². The lowest BCUT2D eigenvalue weighted by Crippen LogP contribution is -2.07. The van der Waals surface area contributed by atoms with Gasteiger partial charge in [-0.15, -0.1) is 0 Å². The van der Waals surface area contributed by atoms with Crippen molar-refractivity contribution in [1.29, 1.82) is 0 Å². The van der Waals surface area contributed by atoms with Crippen molar-refractivity contribution in [1.82, 2.24) is 15.0 Å². The van der Waals surface area contributed by atoms with Crippen LogP contribution in [0.2, 0.25) is 0 Å². The van der Waals surface area contributed by atoms with Crippen molar-refractivity contribution < 1.29 is 9.47 Å². The lowest BCUT2D eigenvalue weighted by Gasteiger charge is -2.12. The van der Waals surface area contributed by atoms with E-state index >= 15 is 0 Å². The van der Waals surface area contributed by atoms with E-state index in [0.29, 0.717) is 23.1 Å². The van der Waals surface area contributed by atoms with Crippen LogP contribution in [-0.4, -0.2) is 34.9 Å². The maximum absolute atomic E-state index is 5.27. The predicted octanol–water partition coefficient (Wildman–Crippen LogP) is 8.46. The number of methoxy groups -OCH3 is 2. The summed E-state index contributed by atoms with van der Waals surface area (Å²) in [7, 11) is 3.27. The molecule has 0 fully saturated rings. The van der Waals surface area contributed by atoms with Gasteiger partial charge in [-0.1, -0.05) is 40.2 Å². The number of hydrogen-bond donors (Lipinski definition) is 3. The van der Waals surface area contributed by atoms with Crippen molar-refractivity contribution in [2.45, 2.75) is 11.7 Å². The van der Waals surface area contributed by atoms with E-state index in [1.165, 1.54) is 5.56 Å². The van der Waals surface area contributed by atoms with E-state index in [-0.39, 0.29) is 0 Å². The average Bonchev–Trinajstić information content (AvgIpc) is 3.53. The number of benzene rings is 4. The SMILES string of the molecule is COc1ccc(Nc2nc(Nc3ccc(OC)cc3)nc(Nc3ccc(C4=NSC(c5cccc(Br)c5)C4)cc3)n2)cc1. The van der Waals surface area contributed by atoms with Crippen LogP contribution in [0, 0.1) is 0 Å². The van der Waals surface area contributed by atoms with Crippen LogP contribution in [0.15, 0.2) is 106 Å². The summed E-state index contributed by atoms with van der Waals surface area (Å²) in [6.07, 6.45) is 0.877. The molecule has 11 heteroatoms. The van der Waals surface area contributed by atoms with E-state index in [1.54, 1.807) is 26.2 Å². The highest BCUT2D eigenvalue weighted by molar-refractivity contribution is 9.10. The molecule has 5 aromatic rings. The molecule has 0 spiro atoms. The smallest absolute Gasteiger partial charge is 0.233 e. The van der Waals surface area contributed by atoms with Crippen LogP contribution >= 0.6 is 27.9 Å². The minimum absolute atomic E-state index is 0.309. The Morgan fingerprint density at radius 1 is 0.674 bits per heavy atom. The number of anilines is 6. The Bertz CT molecular complexity index is 1670. The van der Waals surface area contributed by atoms with Gasteiger partial charge in [-0.25, -0.2) is 4.40 Å². The molecule has 1 aromatic heterocycles. The van der Waals surface area contributed by atoms with Gasteiger partial charge in [0.15, 0.2) is 0 Å². The van der Waals surface area contributed by atoms with Gasteiger partial charge in [0, 0.05) is 28.0 Å². The third-order valence-electron chi connectivity index (χ3n) is 6.69. The zero-order valence-electron chi connectivity index (χ0n) is 23.4. The third kappa shape index (κ3) is 7.25. The fraction of sp³-hybridized carbons (Fsp3) is 0.125. The second kappa shape index (κ2) is 13.1. The summed E-state index contributed by atoms with van der Waals surface area (Å²) in [6, 6.07) is 31.6. The van der Waals surface area contributed by atoms with Crippen molar-refractivity contribution in [2.75, 3.05) is 30.2 Å². The number of nitrogens with one attached hydrogen (secondary N) is 3. The molecule has 0 saturated carbocycles. The molecule has 9 nitrogen and oxygen atoms in total. The maximum atomic E-state index is 5.27. The monoisotopic (exact) mass is 653 g/mol. The first kappa shape index (κ1) is 28.5. The number of hydrogen-bond acceptors (Lipinski definition) is 10. The molecule has 1 aliphatic rings. The van der Waals surface area contributed by atoms with E-state index < -0.39 is 0 Å².